The molecule has 0 bridgehead atoms. The zero-order chi connectivity index (χ0) is 27.9. The van der Waals surface area contributed by atoms with E-state index in [9.17, 15) is 9.59 Å². The maximum absolute atomic E-state index is 12.1. The Kier molecular flexibility index (Phi) is 28.7. The van der Waals surface area contributed by atoms with Gasteiger partial charge >= 0.3 is 0 Å². The number of unbranched alkanes of at least 4 members (excludes halogenated alkanes) is 18. The van der Waals surface area contributed by atoms with Crippen LogP contribution in [0.4, 0.5) is 0 Å². The third-order valence-corrected chi connectivity index (χ3v) is 7.09. The molecule has 0 aromatic carbocycles. The van der Waals surface area contributed by atoms with Crippen LogP contribution < -0.4 is 10.6 Å². The van der Waals surface area contributed by atoms with Gasteiger partial charge in [0, 0.05) is 12.8 Å². The molecule has 0 fully saturated rings. The Hall–Kier alpha value is -1.58. The Morgan fingerprint density at radius 1 is 0.474 bits per heavy atom. The van der Waals surface area contributed by atoms with Crippen LogP contribution in [-0.4, -0.2) is 18.0 Å². The topological polar surface area (TPSA) is 58.2 Å². The van der Waals surface area contributed by atoms with Crippen molar-refractivity contribution in [2.75, 3.05) is 0 Å². The molecule has 38 heavy (non-hydrogen) atoms. The predicted molar refractivity (Wildman–Crippen MR) is 166 cm³/mol. The van der Waals surface area contributed by atoms with Gasteiger partial charge in [-0.1, -0.05) is 115 Å². The van der Waals surface area contributed by atoms with Crippen molar-refractivity contribution >= 4 is 11.8 Å². The molecule has 2 N–H and O–H groups in total. The van der Waals surface area contributed by atoms with Crippen LogP contribution in [0.1, 0.15) is 175 Å². The van der Waals surface area contributed by atoms with Crippen molar-refractivity contribution in [2.45, 2.75) is 181 Å². The first-order valence-corrected chi connectivity index (χ1v) is 16.5. The van der Waals surface area contributed by atoms with E-state index in [-0.39, 0.29) is 18.0 Å². The number of carbonyl (C=O) groups excluding carboxylic acids is 2. The lowest BCUT2D eigenvalue weighted by Gasteiger charge is -2.16. The summed E-state index contributed by atoms with van der Waals surface area (Å²) in [4.78, 5) is 24.3. The Labute approximate surface area is 237 Å². The van der Waals surface area contributed by atoms with E-state index in [1.54, 1.807) is 0 Å². The molecule has 0 aromatic rings. The quantitative estimate of drug-likeness (QED) is 0.0598. The fraction of sp³-hybridized carbons (Fsp3) is 0.824. The molecule has 0 rings (SSSR count). The van der Waals surface area contributed by atoms with Crippen molar-refractivity contribution in [3.63, 3.8) is 0 Å². The molecule has 0 saturated heterocycles. The van der Waals surface area contributed by atoms with Gasteiger partial charge in [0.25, 0.3) is 0 Å². The van der Waals surface area contributed by atoms with Crippen molar-refractivity contribution in [2.24, 2.45) is 0 Å². The molecular weight excluding hydrogens is 468 g/mol. The van der Waals surface area contributed by atoms with E-state index >= 15 is 0 Å². The average Bonchev–Trinajstić information content (AvgIpc) is 2.89. The zero-order valence-electron chi connectivity index (χ0n) is 25.7. The molecule has 0 saturated carbocycles. The molecule has 0 aliphatic carbocycles. The highest BCUT2D eigenvalue weighted by atomic mass is 16.2. The van der Waals surface area contributed by atoms with E-state index in [0.717, 1.165) is 25.7 Å². The summed E-state index contributed by atoms with van der Waals surface area (Å²) in [5, 5.41) is 5.83. The lowest BCUT2D eigenvalue weighted by Crippen LogP contribution is -2.45. The molecule has 222 valence electrons. The normalized spacial score (nSPS) is 11.7. The van der Waals surface area contributed by atoms with Crippen LogP contribution in [-0.2, 0) is 9.59 Å². The maximum Gasteiger partial charge on any atom is 0.221 e. The Balaban J connectivity index is 3.50. The van der Waals surface area contributed by atoms with Gasteiger partial charge < -0.3 is 10.6 Å². The highest BCUT2D eigenvalue weighted by Gasteiger charge is 2.10. The van der Waals surface area contributed by atoms with Crippen LogP contribution in [0.2, 0.25) is 0 Å². The van der Waals surface area contributed by atoms with Crippen molar-refractivity contribution in [1.29, 1.82) is 0 Å². The summed E-state index contributed by atoms with van der Waals surface area (Å²) in [5.74, 6) is 0.0811. The monoisotopic (exact) mass is 532 g/mol. The van der Waals surface area contributed by atoms with E-state index in [1.807, 2.05) is 6.92 Å². The fourth-order valence-corrected chi connectivity index (χ4v) is 4.67. The highest BCUT2D eigenvalue weighted by molar-refractivity contribution is 5.79. The summed E-state index contributed by atoms with van der Waals surface area (Å²) in [6.07, 6.45) is 37.1. The van der Waals surface area contributed by atoms with Gasteiger partial charge in [-0.05, 0) is 71.1 Å². The maximum atomic E-state index is 12.1. The van der Waals surface area contributed by atoms with Gasteiger partial charge in [0.15, 0.2) is 0 Å². The van der Waals surface area contributed by atoms with E-state index in [0.29, 0.717) is 12.8 Å². The summed E-state index contributed by atoms with van der Waals surface area (Å²) in [6.45, 7) is 6.36. The molecule has 0 spiro atoms. The van der Waals surface area contributed by atoms with Gasteiger partial charge in [-0.25, -0.2) is 0 Å². The number of hydrogen-bond donors (Lipinski definition) is 2. The largest absolute Gasteiger partial charge is 0.336 e. The summed E-state index contributed by atoms with van der Waals surface area (Å²) < 4.78 is 0. The number of hydrogen-bond acceptors (Lipinski definition) is 2. The Morgan fingerprint density at radius 3 is 1.11 bits per heavy atom. The van der Waals surface area contributed by atoms with Crippen molar-refractivity contribution in [3.05, 3.63) is 24.3 Å². The molecule has 0 aliphatic rings. The molecule has 0 heterocycles. The van der Waals surface area contributed by atoms with Gasteiger partial charge in [-0.3, -0.25) is 9.59 Å². The molecule has 0 aliphatic heterocycles. The second-order valence-electron chi connectivity index (χ2n) is 11.1. The number of rotatable bonds is 28. The first-order chi connectivity index (χ1) is 18.6. The van der Waals surface area contributed by atoms with Crippen LogP contribution in [0, 0.1) is 0 Å². The van der Waals surface area contributed by atoms with E-state index in [2.05, 4.69) is 48.8 Å². The van der Waals surface area contributed by atoms with Gasteiger partial charge in [0.2, 0.25) is 11.8 Å². The van der Waals surface area contributed by atoms with Crippen LogP contribution >= 0.6 is 0 Å². The van der Waals surface area contributed by atoms with Crippen LogP contribution in [0.25, 0.3) is 0 Å². The highest BCUT2D eigenvalue weighted by Crippen LogP contribution is 2.10. The summed E-state index contributed by atoms with van der Waals surface area (Å²) in [7, 11) is 0. The molecule has 0 aromatic heterocycles. The van der Waals surface area contributed by atoms with Crippen molar-refractivity contribution in [1.82, 2.24) is 10.6 Å². The Bertz CT molecular complexity index is 535. The van der Waals surface area contributed by atoms with Gasteiger partial charge in [0.1, 0.15) is 0 Å². The minimum absolute atomic E-state index is 0.0406. The second kappa shape index (κ2) is 30.0. The second-order valence-corrected chi connectivity index (χ2v) is 11.1. The number of allylic oxidation sites excluding steroid dienone is 4. The third kappa shape index (κ3) is 29.0. The number of carbonyl (C=O) groups is 2. The SMILES string of the molecule is CCCCCC/C=C\CCCCCCCC(=O)NC(C)NC(=O)CCCCCCC/C=C\CCCCCC. The van der Waals surface area contributed by atoms with Gasteiger partial charge in [-0.2, -0.15) is 0 Å². The van der Waals surface area contributed by atoms with E-state index in [1.165, 1.54) is 116 Å². The van der Waals surface area contributed by atoms with Gasteiger partial charge in [-0.15, -0.1) is 0 Å². The average molecular weight is 533 g/mol. The number of nitrogens with one attached hydrogen (secondary N) is 2. The third-order valence-electron chi connectivity index (χ3n) is 7.09. The summed E-state index contributed by atoms with van der Waals surface area (Å²) in [6, 6.07) is 0. The van der Waals surface area contributed by atoms with Crippen molar-refractivity contribution in [3.8, 4) is 0 Å². The molecule has 4 heteroatoms. The predicted octanol–water partition coefficient (Wildman–Crippen LogP) is 10.1. The van der Waals surface area contributed by atoms with Crippen LogP contribution in [0.15, 0.2) is 24.3 Å². The fourth-order valence-electron chi connectivity index (χ4n) is 4.67. The lowest BCUT2D eigenvalue weighted by molar-refractivity contribution is -0.124. The first-order valence-electron chi connectivity index (χ1n) is 16.5. The molecule has 0 radical (unpaired) electrons. The zero-order valence-corrected chi connectivity index (χ0v) is 25.7. The minimum atomic E-state index is -0.294. The lowest BCUT2D eigenvalue weighted by atomic mass is 10.1. The van der Waals surface area contributed by atoms with Crippen molar-refractivity contribution < 1.29 is 9.59 Å². The van der Waals surface area contributed by atoms with Crippen LogP contribution in [0.5, 0.6) is 0 Å². The minimum Gasteiger partial charge on any atom is -0.336 e. The molecule has 2 amide bonds. The Morgan fingerprint density at radius 2 is 0.763 bits per heavy atom. The standard InChI is InChI=1S/C34H64N2O2/c1-4-6-8-10-12-14-16-18-20-22-24-26-28-30-33(37)35-32(3)36-34(38)31-29-27-25-23-21-19-17-15-13-11-9-7-5-2/h14-17,32H,4-13,18-31H2,1-3H3,(H,35,37)(H,36,38)/b16-14-,17-15-. The molecular formula is C34H64N2O2. The smallest absolute Gasteiger partial charge is 0.221 e. The molecule has 4 nitrogen and oxygen atoms in total. The summed E-state index contributed by atoms with van der Waals surface area (Å²) >= 11 is 0. The van der Waals surface area contributed by atoms with Crippen LogP contribution in [0.3, 0.4) is 0 Å². The molecule has 0 atom stereocenters. The number of amides is 2. The first kappa shape index (κ1) is 36.4. The van der Waals surface area contributed by atoms with E-state index < -0.39 is 0 Å². The van der Waals surface area contributed by atoms with Gasteiger partial charge in [0.05, 0.1) is 6.17 Å². The van der Waals surface area contributed by atoms with E-state index in [4.69, 9.17) is 0 Å². The molecule has 0 unspecified atom stereocenters. The summed E-state index contributed by atoms with van der Waals surface area (Å²) in [5.41, 5.74) is 0.